The second-order valence-corrected chi connectivity index (χ2v) is 7.03. The molecular formula is C17H33IN4O2. The Bertz CT molecular complexity index is 413. The Balaban J connectivity index is 0.00000288. The van der Waals surface area contributed by atoms with Crippen LogP contribution in [0.5, 0.6) is 0 Å². The van der Waals surface area contributed by atoms with Gasteiger partial charge in [0.15, 0.2) is 5.96 Å². The van der Waals surface area contributed by atoms with E-state index in [1.807, 2.05) is 0 Å². The smallest absolute Gasteiger partial charge is 0.243 e. The zero-order valence-corrected chi connectivity index (χ0v) is 17.6. The minimum Gasteiger partial charge on any atom is -0.376 e. The molecule has 1 aliphatic carbocycles. The van der Waals surface area contributed by atoms with E-state index in [0.29, 0.717) is 5.41 Å². The van der Waals surface area contributed by atoms with Gasteiger partial charge in [0.1, 0.15) is 6.54 Å². The van der Waals surface area contributed by atoms with Gasteiger partial charge in [0, 0.05) is 33.8 Å². The van der Waals surface area contributed by atoms with E-state index in [2.05, 4.69) is 22.5 Å². The lowest BCUT2D eigenvalue weighted by molar-refractivity contribution is -0.127. The molecule has 0 radical (unpaired) electrons. The fourth-order valence-electron chi connectivity index (χ4n) is 3.08. The van der Waals surface area contributed by atoms with Crippen molar-refractivity contribution in [3.8, 4) is 0 Å². The number of halogens is 1. The van der Waals surface area contributed by atoms with E-state index in [-0.39, 0.29) is 42.5 Å². The zero-order chi connectivity index (χ0) is 16.7. The third kappa shape index (κ3) is 6.38. The van der Waals surface area contributed by atoms with Crippen LogP contribution >= 0.6 is 24.0 Å². The Labute approximate surface area is 163 Å². The number of amides is 1. The Morgan fingerprint density at radius 2 is 2.04 bits per heavy atom. The number of ether oxygens (including phenoxy) is 1. The molecule has 0 bridgehead atoms. The number of hydrogen-bond donors (Lipinski definition) is 2. The van der Waals surface area contributed by atoms with Gasteiger partial charge in [0.05, 0.1) is 6.10 Å². The first-order valence-corrected chi connectivity index (χ1v) is 8.88. The van der Waals surface area contributed by atoms with E-state index in [1.165, 1.54) is 25.7 Å². The van der Waals surface area contributed by atoms with Crippen LogP contribution in [0.2, 0.25) is 0 Å². The maximum absolute atomic E-state index is 11.8. The highest BCUT2D eigenvalue weighted by atomic mass is 127. The third-order valence-electron chi connectivity index (χ3n) is 5.19. The second kappa shape index (κ2) is 10.4. The maximum atomic E-state index is 11.8. The minimum absolute atomic E-state index is 0. The molecule has 2 aliphatic rings. The fourth-order valence-corrected chi connectivity index (χ4v) is 3.08. The van der Waals surface area contributed by atoms with Crippen molar-refractivity contribution >= 4 is 35.8 Å². The van der Waals surface area contributed by atoms with Crippen LogP contribution in [-0.4, -0.2) is 63.2 Å². The van der Waals surface area contributed by atoms with Gasteiger partial charge in [-0.2, -0.15) is 0 Å². The normalized spacial score (nSPS) is 22.3. The topological polar surface area (TPSA) is 66.0 Å². The summed E-state index contributed by atoms with van der Waals surface area (Å²) in [6.07, 6.45) is 7.56. The molecule has 1 aliphatic heterocycles. The first-order valence-electron chi connectivity index (χ1n) is 8.88. The summed E-state index contributed by atoms with van der Waals surface area (Å²) < 4.78 is 5.65. The van der Waals surface area contributed by atoms with Gasteiger partial charge in [-0.1, -0.05) is 13.3 Å². The maximum Gasteiger partial charge on any atom is 0.243 e. The Hall–Kier alpha value is -0.570. The van der Waals surface area contributed by atoms with Gasteiger partial charge in [0.25, 0.3) is 0 Å². The number of guanidine groups is 1. The van der Waals surface area contributed by atoms with Gasteiger partial charge in [-0.3, -0.25) is 4.79 Å². The Morgan fingerprint density at radius 1 is 1.29 bits per heavy atom. The van der Waals surface area contributed by atoms with Crippen molar-refractivity contribution in [1.29, 1.82) is 0 Å². The molecular weight excluding hydrogens is 419 g/mol. The van der Waals surface area contributed by atoms with E-state index in [1.54, 1.807) is 19.0 Å². The summed E-state index contributed by atoms with van der Waals surface area (Å²) in [7, 11) is 3.51. The summed E-state index contributed by atoms with van der Waals surface area (Å²) in [5, 5.41) is 6.79. The van der Waals surface area contributed by atoms with Crippen LogP contribution in [0.15, 0.2) is 4.99 Å². The molecule has 1 saturated carbocycles. The number of nitrogens with one attached hydrogen (secondary N) is 2. The van der Waals surface area contributed by atoms with Crippen molar-refractivity contribution in [2.24, 2.45) is 10.4 Å². The Morgan fingerprint density at radius 3 is 2.54 bits per heavy atom. The molecule has 140 valence electrons. The van der Waals surface area contributed by atoms with Gasteiger partial charge in [-0.15, -0.1) is 24.0 Å². The molecule has 0 aromatic carbocycles. The molecule has 1 saturated heterocycles. The Kier molecular flexibility index (Phi) is 9.33. The van der Waals surface area contributed by atoms with E-state index >= 15 is 0 Å². The van der Waals surface area contributed by atoms with E-state index in [9.17, 15) is 4.79 Å². The molecule has 6 nitrogen and oxygen atoms in total. The summed E-state index contributed by atoms with van der Waals surface area (Å²) in [4.78, 5) is 17.8. The number of carbonyl (C=O) groups is 1. The molecule has 1 atom stereocenters. The molecule has 1 unspecified atom stereocenters. The van der Waals surface area contributed by atoms with Crippen molar-refractivity contribution in [3.63, 3.8) is 0 Å². The minimum atomic E-state index is 0. The van der Waals surface area contributed by atoms with Crippen LogP contribution in [0.4, 0.5) is 0 Å². The molecule has 1 heterocycles. The van der Waals surface area contributed by atoms with Crippen LogP contribution < -0.4 is 10.6 Å². The number of hydrogen-bond acceptors (Lipinski definition) is 3. The van der Waals surface area contributed by atoms with Gasteiger partial charge in [-0.25, -0.2) is 4.99 Å². The standard InChI is InChI=1S/C17H32N4O2.HI/c1-4-17(8-6-9-17)13-20-16(19-12-15(22)21(2)3)18-11-14-7-5-10-23-14;/h14H,4-13H2,1-3H3,(H2,18,19,20);1H. The average molecular weight is 452 g/mol. The zero-order valence-electron chi connectivity index (χ0n) is 15.3. The first-order chi connectivity index (χ1) is 11.0. The lowest BCUT2D eigenvalue weighted by atomic mass is 9.67. The van der Waals surface area contributed by atoms with E-state index < -0.39 is 0 Å². The predicted molar refractivity (Wildman–Crippen MR) is 108 cm³/mol. The highest BCUT2D eigenvalue weighted by molar-refractivity contribution is 14.0. The van der Waals surface area contributed by atoms with E-state index in [4.69, 9.17) is 4.74 Å². The number of nitrogens with zero attached hydrogens (tertiary/aromatic N) is 2. The molecule has 1 amide bonds. The summed E-state index contributed by atoms with van der Waals surface area (Å²) in [6.45, 7) is 4.96. The van der Waals surface area contributed by atoms with Crippen LogP contribution in [-0.2, 0) is 9.53 Å². The monoisotopic (exact) mass is 452 g/mol. The van der Waals surface area contributed by atoms with Gasteiger partial charge < -0.3 is 20.3 Å². The number of carbonyl (C=O) groups excluding carboxylic acids is 1. The van der Waals surface area contributed by atoms with Crippen molar-refractivity contribution in [2.45, 2.75) is 51.6 Å². The highest BCUT2D eigenvalue weighted by Crippen LogP contribution is 2.42. The molecule has 0 aromatic heterocycles. The third-order valence-corrected chi connectivity index (χ3v) is 5.19. The molecule has 0 spiro atoms. The second-order valence-electron chi connectivity index (χ2n) is 7.03. The predicted octanol–water partition coefficient (Wildman–Crippen LogP) is 1.99. The summed E-state index contributed by atoms with van der Waals surface area (Å²) in [5.74, 6) is 0.743. The van der Waals surface area contributed by atoms with Gasteiger partial charge in [-0.05, 0) is 37.5 Å². The summed E-state index contributed by atoms with van der Waals surface area (Å²) in [5.41, 5.74) is 0.415. The van der Waals surface area contributed by atoms with Crippen molar-refractivity contribution in [2.75, 3.05) is 40.3 Å². The SMILES string of the molecule is CCC1(CNC(=NCC(=O)N(C)C)NCC2CCCO2)CCC1.I. The van der Waals surface area contributed by atoms with Crippen molar-refractivity contribution in [3.05, 3.63) is 0 Å². The van der Waals surface area contributed by atoms with Crippen LogP contribution in [0.1, 0.15) is 45.4 Å². The average Bonchev–Trinajstić information content (AvgIpc) is 3.01. The van der Waals surface area contributed by atoms with Crippen molar-refractivity contribution in [1.82, 2.24) is 15.5 Å². The molecule has 2 rings (SSSR count). The number of aliphatic imine (C=N–C) groups is 1. The molecule has 0 aromatic rings. The van der Waals surface area contributed by atoms with Crippen molar-refractivity contribution < 1.29 is 9.53 Å². The molecule has 2 fully saturated rings. The molecule has 24 heavy (non-hydrogen) atoms. The van der Waals surface area contributed by atoms with Crippen LogP contribution in [0.25, 0.3) is 0 Å². The molecule has 2 N–H and O–H groups in total. The van der Waals surface area contributed by atoms with Crippen LogP contribution in [0.3, 0.4) is 0 Å². The van der Waals surface area contributed by atoms with E-state index in [0.717, 1.165) is 38.5 Å². The largest absolute Gasteiger partial charge is 0.376 e. The number of rotatable bonds is 7. The fraction of sp³-hybridized carbons (Fsp3) is 0.882. The molecule has 7 heteroatoms. The lowest BCUT2D eigenvalue weighted by Gasteiger charge is -2.41. The van der Waals surface area contributed by atoms with Crippen LogP contribution in [0, 0.1) is 5.41 Å². The first kappa shape index (κ1) is 21.5. The lowest BCUT2D eigenvalue weighted by Crippen LogP contribution is -2.48. The van der Waals surface area contributed by atoms with Gasteiger partial charge in [0.2, 0.25) is 5.91 Å². The number of likely N-dealkylation sites (N-methyl/N-ethyl adjacent to an activating group) is 1. The van der Waals surface area contributed by atoms with Gasteiger partial charge >= 0.3 is 0 Å². The quantitative estimate of drug-likeness (QED) is 0.352. The summed E-state index contributed by atoms with van der Waals surface area (Å²) in [6, 6.07) is 0. The highest BCUT2D eigenvalue weighted by Gasteiger charge is 2.35. The summed E-state index contributed by atoms with van der Waals surface area (Å²) >= 11 is 0.